The highest BCUT2D eigenvalue weighted by atomic mass is 32.2. The number of hydrogen-bond donors (Lipinski definition) is 1. The molecule has 0 aliphatic rings. The van der Waals surface area contributed by atoms with E-state index in [1.807, 2.05) is 33.8 Å². The lowest BCUT2D eigenvalue weighted by Gasteiger charge is -2.18. The second-order valence-electron chi connectivity index (χ2n) is 7.30. The van der Waals surface area contributed by atoms with Crippen molar-refractivity contribution < 1.29 is 18.0 Å². The van der Waals surface area contributed by atoms with Crippen LogP contribution in [0, 0.1) is 20.8 Å². The topological polar surface area (TPSA) is 42.0 Å². The maximum absolute atomic E-state index is 13.2. The fraction of sp³-hybridized carbons (Fsp3) is 0.304. The van der Waals surface area contributed by atoms with Crippen molar-refractivity contribution in [2.24, 2.45) is 0 Å². The van der Waals surface area contributed by atoms with Crippen LogP contribution in [0.2, 0.25) is 0 Å². The van der Waals surface area contributed by atoms with E-state index in [0.717, 1.165) is 33.7 Å². The van der Waals surface area contributed by atoms with E-state index >= 15 is 0 Å². The Hall–Kier alpha value is -2.54. The molecule has 0 spiro atoms. The van der Waals surface area contributed by atoms with Crippen molar-refractivity contribution in [1.82, 2.24) is 4.98 Å². The number of carbonyl (C=O) groups excluding carboxylic acids is 1. The number of aryl methyl sites for hydroxylation is 3. The Morgan fingerprint density at radius 2 is 1.80 bits per heavy atom. The third kappa shape index (κ3) is 4.78. The van der Waals surface area contributed by atoms with Crippen LogP contribution in [-0.2, 0) is 11.0 Å². The van der Waals surface area contributed by atoms with Crippen LogP contribution in [0.3, 0.4) is 0 Å². The number of nitrogens with one attached hydrogen (secondary N) is 1. The molecule has 30 heavy (non-hydrogen) atoms. The number of para-hydroxylation sites is 1. The minimum Gasteiger partial charge on any atom is -0.325 e. The molecule has 7 heteroatoms. The first-order valence-electron chi connectivity index (χ1n) is 9.62. The van der Waals surface area contributed by atoms with Gasteiger partial charge in [-0.05, 0) is 62.6 Å². The summed E-state index contributed by atoms with van der Waals surface area (Å²) >= 11 is 1.27. The van der Waals surface area contributed by atoms with E-state index in [9.17, 15) is 18.0 Å². The number of amides is 1. The number of alkyl halides is 3. The number of thioether (sulfide) groups is 1. The number of hydrogen-bond acceptors (Lipinski definition) is 3. The average molecular weight is 433 g/mol. The van der Waals surface area contributed by atoms with Crippen molar-refractivity contribution in [2.75, 3.05) is 5.32 Å². The first-order chi connectivity index (χ1) is 14.1. The third-order valence-corrected chi connectivity index (χ3v) is 6.13. The number of fused-ring (bicyclic) bond motifs is 1. The molecule has 1 aromatic heterocycles. The molecule has 0 bridgehead atoms. The van der Waals surface area contributed by atoms with Gasteiger partial charge in [0.05, 0.1) is 27.0 Å². The predicted octanol–water partition coefficient (Wildman–Crippen LogP) is 6.69. The Morgan fingerprint density at radius 1 is 1.10 bits per heavy atom. The quantitative estimate of drug-likeness (QED) is 0.457. The number of carbonyl (C=O) groups is 1. The van der Waals surface area contributed by atoms with Gasteiger partial charge in [-0.15, -0.1) is 0 Å². The second kappa shape index (κ2) is 8.68. The van der Waals surface area contributed by atoms with Gasteiger partial charge in [0, 0.05) is 5.39 Å². The van der Waals surface area contributed by atoms with E-state index in [1.165, 1.54) is 30.0 Å². The first-order valence-corrected chi connectivity index (χ1v) is 10.5. The van der Waals surface area contributed by atoms with Crippen LogP contribution in [0.4, 0.5) is 18.9 Å². The van der Waals surface area contributed by atoms with Crippen LogP contribution in [-0.4, -0.2) is 16.1 Å². The minimum atomic E-state index is -4.54. The molecule has 1 unspecified atom stereocenters. The Morgan fingerprint density at radius 3 is 2.47 bits per heavy atom. The zero-order valence-corrected chi connectivity index (χ0v) is 18.0. The summed E-state index contributed by atoms with van der Waals surface area (Å²) in [7, 11) is 0. The molecule has 0 saturated carbocycles. The third-order valence-electron chi connectivity index (χ3n) is 4.85. The lowest BCUT2D eigenvalue weighted by Crippen LogP contribution is -2.26. The summed E-state index contributed by atoms with van der Waals surface area (Å²) < 4.78 is 39.7. The lowest BCUT2D eigenvalue weighted by atomic mass is 10.0. The number of rotatable bonds is 5. The summed E-state index contributed by atoms with van der Waals surface area (Å²) in [5, 5.41) is 3.63. The molecule has 1 amide bonds. The van der Waals surface area contributed by atoms with Crippen molar-refractivity contribution in [3.63, 3.8) is 0 Å². The van der Waals surface area contributed by atoms with Crippen molar-refractivity contribution in [3.05, 3.63) is 64.7 Å². The lowest BCUT2D eigenvalue weighted by molar-refractivity contribution is -0.137. The number of nitrogens with zero attached hydrogens (tertiary/aromatic N) is 1. The maximum atomic E-state index is 13.2. The van der Waals surface area contributed by atoms with Gasteiger partial charge >= 0.3 is 6.18 Å². The van der Waals surface area contributed by atoms with E-state index < -0.39 is 22.9 Å². The molecular formula is C23H23F3N2OS. The average Bonchev–Trinajstić information content (AvgIpc) is 2.66. The van der Waals surface area contributed by atoms with Gasteiger partial charge in [-0.3, -0.25) is 4.79 Å². The Labute approximate surface area is 178 Å². The number of aromatic nitrogens is 1. The van der Waals surface area contributed by atoms with Crippen LogP contribution in [0.25, 0.3) is 10.9 Å². The summed E-state index contributed by atoms with van der Waals surface area (Å²) in [5.41, 5.74) is 3.03. The summed E-state index contributed by atoms with van der Waals surface area (Å²) in [6.07, 6.45) is -4.08. The van der Waals surface area contributed by atoms with E-state index in [0.29, 0.717) is 11.4 Å². The normalized spacial score (nSPS) is 12.8. The standard InChI is InChI=1S/C23H23F3N2OS/c1-5-19(22(29)27-18-9-7-6-8-17(18)23(24,25)26)30-20-12-14(3)16-11-13(2)10-15(4)21(16)28-20/h6-12,19H,5H2,1-4H3,(H,27,29). The molecular weight excluding hydrogens is 409 g/mol. The fourth-order valence-corrected chi connectivity index (χ4v) is 4.41. The molecule has 1 N–H and O–H groups in total. The Bertz CT molecular complexity index is 1100. The molecule has 0 radical (unpaired) electrons. The molecule has 0 fully saturated rings. The van der Waals surface area contributed by atoms with Crippen LogP contribution >= 0.6 is 11.8 Å². The molecule has 2 aromatic carbocycles. The van der Waals surface area contributed by atoms with E-state index in [1.54, 1.807) is 0 Å². The van der Waals surface area contributed by atoms with Crippen LogP contribution < -0.4 is 5.32 Å². The molecule has 0 aliphatic carbocycles. The highest BCUT2D eigenvalue weighted by Crippen LogP contribution is 2.35. The van der Waals surface area contributed by atoms with E-state index in [-0.39, 0.29) is 5.69 Å². The summed E-state index contributed by atoms with van der Waals surface area (Å²) in [6, 6.07) is 11.1. The van der Waals surface area contributed by atoms with Gasteiger partial charge in [-0.2, -0.15) is 13.2 Å². The fourth-order valence-electron chi connectivity index (χ4n) is 3.40. The van der Waals surface area contributed by atoms with Gasteiger partial charge in [0.1, 0.15) is 0 Å². The molecule has 1 atom stereocenters. The zero-order chi connectivity index (χ0) is 22.1. The van der Waals surface area contributed by atoms with Crippen LogP contribution in [0.5, 0.6) is 0 Å². The van der Waals surface area contributed by atoms with Crippen LogP contribution in [0.15, 0.2) is 47.5 Å². The summed E-state index contributed by atoms with van der Waals surface area (Å²) in [6.45, 7) is 7.85. The SMILES string of the molecule is CCC(Sc1cc(C)c2cc(C)cc(C)c2n1)C(=O)Nc1ccccc1C(F)(F)F. The van der Waals surface area contributed by atoms with Crippen molar-refractivity contribution in [2.45, 2.75) is 50.6 Å². The molecule has 1 heterocycles. The molecule has 3 rings (SSSR count). The zero-order valence-electron chi connectivity index (χ0n) is 17.2. The molecule has 158 valence electrons. The van der Waals surface area contributed by atoms with Crippen molar-refractivity contribution in [1.29, 1.82) is 0 Å². The number of halogens is 3. The summed E-state index contributed by atoms with van der Waals surface area (Å²) in [5.74, 6) is -0.473. The van der Waals surface area contributed by atoms with E-state index in [2.05, 4.69) is 17.4 Å². The van der Waals surface area contributed by atoms with Gasteiger partial charge in [-0.25, -0.2) is 4.98 Å². The Kier molecular flexibility index (Phi) is 6.41. The highest BCUT2D eigenvalue weighted by molar-refractivity contribution is 8.00. The number of pyridine rings is 1. The van der Waals surface area contributed by atoms with Crippen LogP contribution in [0.1, 0.15) is 35.6 Å². The van der Waals surface area contributed by atoms with Gasteiger partial charge in [-0.1, -0.05) is 42.4 Å². The van der Waals surface area contributed by atoms with Crippen molar-refractivity contribution in [3.8, 4) is 0 Å². The molecule has 3 nitrogen and oxygen atoms in total. The molecule has 0 aliphatic heterocycles. The van der Waals surface area contributed by atoms with Gasteiger partial charge in [0.15, 0.2) is 0 Å². The maximum Gasteiger partial charge on any atom is 0.418 e. The largest absolute Gasteiger partial charge is 0.418 e. The monoisotopic (exact) mass is 432 g/mol. The second-order valence-corrected chi connectivity index (χ2v) is 8.53. The van der Waals surface area contributed by atoms with Crippen molar-refractivity contribution >= 4 is 34.3 Å². The minimum absolute atomic E-state index is 0.233. The predicted molar refractivity (Wildman–Crippen MR) is 116 cm³/mol. The summed E-state index contributed by atoms with van der Waals surface area (Å²) in [4.78, 5) is 17.5. The number of benzene rings is 2. The molecule has 0 saturated heterocycles. The van der Waals surface area contributed by atoms with Gasteiger partial charge < -0.3 is 5.32 Å². The first kappa shape index (κ1) is 22.2. The molecule has 3 aromatic rings. The van der Waals surface area contributed by atoms with E-state index in [4.69, 9.17) is 4.98 Å². The van der Waals surface area contributed by atoms with Gasteiger partial charge in [0.2, 0.25) is 5.91 Å². The Balaban J connectivity index is 1.87. The number of anilines is 1. The highest BCUT2D eigenvalue weighted by Gasteiger charge is 2.34. The smallest absolute Gasteiger partial charge is 0.325 e. The van der Waals surface area contributed by atoms with Gasteiger partial charge in [0.25, 0.3) is 0 Å².